The van der Waals surface area contributed by atoms with Crippen molar-refractivity contribution in [3.63, 3.8) is 0 Å². The lowest BCUT2D eigenvalue weighted by atomic mass is 10.2. The van der Waals surface area contributed by atoms with Crippen molar-refractivity contribution in [1.29, 1.82) is 0 Å². The summed E-state index contributed by atoms with van der Waals surface area (Å²) in [6.45, 7) is 3.83. The second-order valence-corrected chi connectivity index (χ2v) is 4.56. The van der Waals surface area contributed by atoms with Gasteiger partial charge >= 0.3 is 5.97 Å². The van der Waals surface area contributed by atoms with E-state index >= 15 is 0 Å². The number of aromatic nitrogens is 3. The van der Waals surface area contributed by atoms with Gasteiger partial charge in [-0.15, -0.1) is 0 Å². The summed E-state index contributed by atoms with van der Waals surface area (Å²) in [5, 5.41) is 9.93. The topological polar surface area (TPSA) is 68.0 Å². The third kappa shape index (κ3) is 1.84. The van der Waals surface area contributed by atoms with E-state index in [1.54, 1.807) is 18.5 Å². The van der Waals surface area contributed by atoms with Crippen molar-refractivity contribution in [3.8, 4) is 0 Å². The molecule has 2 rings (SSSR count). The predicted octanol–water partition coefficient (Wildman–Crippen LogP) is 2.58. The van der Waals surface area contributed by atoms with Gasteiger partial charge in [0.2, 0.25) is 0 Å². The second-order valence-electron chi connectivity index (χ2n) is 4.20. The molecule has 18 heavy (non-hydrogen) atoms. The van der Waals surface area contributed by atoms with E-state index in [0.717, 1.165) is 18.7 Å². The van der Waals surface area contributed by atoms with Crippen molar-refractivity contribution in [2.24, 2.45) is 7.05 Å². The third-order valence-corrected chi connectivity index (χ3v) is 3.32. The van der Waals surface area contributed by atoms with Gasteiger partial charge in [-0.25, -0.2) is 14.8 Å². The summed E-state index contributed by atoms with van der Waals surface area (Å²) < 4.78 is 1.59. The Labute approximate surface area is 109 Å². The first kappa shape index (κ1) is 12.8. The maximum atomic E-state index is 11.3. The highest BCUT2D eigenvalue weighted by molar-refractivity contribution is 6.35. The van der Waals surface area contributed by atoms with Crippen LogP contribution >= 0.6 is 11.6 Å². The maximum Gasteiger partial charge on any atom is 0.339 e. The Balaban J connectivity index is 2.83. The minimum atomic E-state index is -1.06. The van der Waals surface area contributed by atoms with Gasteiger partial charge in [-0.05, 0) is 13.3 Å². The Bertz CT molecular complexity index is 634. The van der Waals surface area contributed by atoms with Gasteiger partial charge in [0.1, 0.15) is 22.2 Å². The molecule has 2 aromatic heterocycles. The molecule has 0 fully saturated rings. The van der Waals surface area contributed by atoms with Crippen LogP contribution in [-0.2, 0) is 13.5 Å². The first-order chi connectivity index (χ1) is 8.47. The van der Waals surface area contributed by atoms with E-state index in [2.05, 4.69) is 9.97 Å². The lowest BCUT2D eigenvalue weighted by Crippen LogP contribution is -2.01. The number of carboxylic acids is 1. The van der Waals surface area contributed by atoms with Crippen LogP contribution in [0, 0.1) is 6.92 Å². The van der Waals surface area contributed by atoms with Crippen LogP contribution in [0.3, 0.4) is 0 Å². The Morgan fingerprint density at radius 2 is 2.11 bits per heavy atom. The van der Waals surface area contributed by atoms with Crippen molar-refractivity contribution < 1.29 is 9.90 Å². The highest BCUT2D eigenvalue weighted by atomic mass is 35.5. The molecular formula is C12H14ClN3O2. The van der Waals surface area contributed by atoms with Gasteiger partial charge in [-0.2, -0.15) is 0 Å². The Morgan fingerprint density at radius 1 is 1.44 bits per heavy atom. The first-order valence-corrected chi connectivity index (χ1v) is 6.09. The van der Waals surface area contributed by atoms with Crippen LogP contribution in [0.2, 0.25) is 5.15 Å². The summed E-state index contributed by atoms with van der Waals surface area (Å²) >= 11 is 6.05. The molecule has 0 aliphatic rings. The Hall–Kier alpha value is -1.62. The van der Waals surface area contributed by atoms with Crippen LogP contribution in [0.15, 0.2) is 0 Å². The molecule has 0 amide bonds. The minimum Gasteiger partial charge on any atom is -0.478 e. The van der Waals surface area contributed by atoms with Crippen LogP contribution in [-0.4, -0.2) is 25.6 Å². The number of fused-ring (bicyclic) bond motifs is 1. The van der Waals surface area contributed by atoms with Crippen molar-refractivity contribution in [2.75, 3.05) is 0 Å². The molecule has 0 aliphatic carbocycles. The van der Waals surface area contributed by atoms with Gasteiger partial charge in [0.15, 0.2) is 0 Å². The number of rotatable bonds is 3. The van der Waals surface area contributed by atoms with Gasteiger partial charge in [0, 0.05) is 13.5 Å². The van der Waals surface area contributed by atoms with Crippen molar-refractivity contribution in [2.45, 2.75) is 26.7 Å². The highest BCUT2D eigenvalue weighted by Crippen LogP contribution is 2.29. The van der Waals surface area contributed by atoms with Crippen molar-refractivity contribution >= 4 is 28.6 Å². The molecule has 0 aliphatic heterocycles. The van der Waals surface area contributed by atoms with Gasteiger partial charge in [-0.3, -0.25) is 0 Å². The Morgan fingerprint density at radius 3 is 2.67 bits per heavy atom. The molecule has 2 heterocycles. The molecule has 0 radical (unpaired) electrons. The summed E-state index contributed by atoms with van der Waals surface area (Å²) in [6, 6.07) is 0. The van der Waals surface area contributed by atoms with E-state index in [1.165, 1.54) is 0 Å². The lowest BCUT2D eigenvalue weighted by Gasteiger charge is -2.03. The number of carboxylic acid groups (broad SMARTS) is 1. The quantitative estimate of drug-likeness (QED) is 0.928. The second kappa shape index (κ2) is 4.57. The molecule has 0 saturated carbocycles. The molecule has 1 N–H and O–H groups in total. The van der Waals surface area contributed by atoms with Gasteiger partial charge in [0.05, 0.1) is 11.1 Å². The molecular weight excluding hydrogens is 254 g/mol. The van der Waals surface area contributed by atoms with Gasteiger partial charge in [0.25, 0.3) is 0 Å². The smallest absolute Gasteiger partial charge is 0.339 e. The van der Waals surface area contributed by atoms with Crippen LogP contribution in [0.5, 0.6) is 0 Å². The van der Waals surface area contributed by atoms with Gasteiger partial charge in [-0.1, -0.05) is 18.5 Å². The van der Waals surface area contributed by atoms with Crippen LogP contribution in [0.25, 0.3) is 11.0 Å². The summed E-state index contributed by atoms with van der Waals surface area (Å²) in [4.78, 5) is 20.0. The zero-order chi connectivity index (χ0) is 13.4. The van der Waals surface area contributed by atoms with Crippen LogP contribution in [0.4, 0.5) is 0 Å². The molecule has 0 atom stereocenters. The number of nitrogens with zero attached hydrogens (tertiary/aromatic N) is 3. The molecule has 0 bridgehead atoms. The zero-order valence-electron chi connectivity index (χ0n) is 10.5. The van der Waals surface area contributed by atoms with Crippen molar-refractivity contribution in [3.05, 3.63) is 22.2 Å². The molecule has 5 nitrogen and oxygen atoms in total. The molecule has 0 aromatic carbocycles. The average Bonchev–Trinajstić information content (AvgIpc) is 2.54. The predicted molar refractivity (Wildman–Crippen MR) is 69.2 cm³/mol. The summed E-state index contributed by atoms with van der Waals surface area (Å²) in [7, 11) is 1.71. The fraction of sp³-hybridized carbons (Fsp3) is 0.417. The average molecular weight is 268 g/mol. The van der Waals surface area contributed by atoms with E-state index in [1.807, 2.05) is 6.92 Å². The van der Waals surface area contributed by atoms with Crippen LogP contribution < -0.4 is 0 Å². The fourth-order valence-corrected chi connectivity index (χ4v) is 2.30. The van der Waals surface area contributed by atoms with Gasteiger partial charge < -0.3 is 9.67 Å². The standard InChI is InChI=1S/C12H14ClN3O2/c1-4-5-7-14-6(2)8-9(12(17)18)10(13)16(3)11(8)15-7/h4-5H2,1-3H3,(H,17,18). The molecule has 6 heteroatoms. The lowest BCUT2D eigenvalue weighted by molar-refractivity contribution is 0.0699. The van der Waals surface area contributed by atoms with Crippen LogP contribution in [0.1, 0.15) is 35.2 Å². The molecule has 0 unspecified atom stereocenters. The normalized spacial score (nSPS) is 11.1. The number of hydrogen-bond acceptors (Lipinski definition) is 3. The van der Waals surface area contributed by atoms with E-state index < -0.39 is 5.97 Å². The molecule has 2 aromatic rings. The maximum absolute atomic E-state index is 11.3. The number of aromatic carboxylic acids is 1. The summed E-state index contributed by atoms with van der Waals surface area (Å²) in [5.74, 6) is -0.336. The largest absolute Gasteiger partial charge is 0.478 e. The molecule has 96 valence electrons. The molecule has 0 saturated heterocycles. The Kier molecular flexibility index (Phi) is 3.26. The van der Waals surface area contributed by atoms with E-state index in [9.17, 15) is 9.90 Å². The number of aryl methyl sites for hydroxylation is 3. The fourth-order valence-electron chi connectivity index (χ4n) is 2.04. The monoisotopic (exact) mass is 267 g/mol. The summed E-state index contributed by atoms with van der Waals surface area (Å²) in [6.07, 6.45) is 1.71. The van der Waals surface area contributed by atoms with E-state index in [4.69, 9.17) is 11.6 Å². The van der Waals surface area contributed by atoms with E-state index in [0.29, 0.717) is 16.7 Å². The number of carbonyl (C=O) groups is 1. The zero-order valence-corrected chi connectivity index (χ0v) is 11.2. The third-order valence-electron chi connectivity index (χ3n) is 2.87. The SMILES string of the molecule is CCCc1nc(C)c2c(C(=O)O)c(Cl)n(C)c2n1. The number of hydrogen-bond donors (Lipinski definition) is 1. The summed E-state index contributed by atoms with van der Waals surface area (Å²) in [5.41, 5.74) is 1.31. The number of halogens is 1. The highest BCUT2D eigenvalue weighted by Gasteiger charge is 2.23. The van der Waals surface area contributed by atoms with Crippen molar-refractivity contribution in [1.82, 2.24) is 14.5 Å². The minimum absolute atomic E-state index is 0.0784. The van der Waals surface area contributed by atoms with E-state index in [-0.39, 0.29) is 10.7 Å². The molecule has 0 spiro atoms. The first-order valence-electron chi connectivity index (χ1n) is 5.72.